The van der Waals surface area contributed by atoms with Crippen molar-refractivity contribution in [1.29, 1.82) is 0 Å². The van der Waals surface area contributed by atoms with Gasteiger partial charge in [0.25, 0.3) is 0 Å². The first kappa shape index (κ1) is 12.5. The highest BCUT2D eigenvalue weighted by Crippen LogP contribution is 2.10. The van der Waals surface area contributed by atoms with Gasteiger partial charge in [-0.3, -0.25) is 0 Å². The van der Waals surface area contributed by atoms with E-state index in [-0.39, 0.29) is 12.1 Å². The summed E-state index contributed by atoms with van der Waals surface area (Å²) < 4.78 is 10.7. The quantitative estimate of drug-likeness (QED) is 0.783. The van der Waals surface area contributed by atoms with Crippen LogP contribution >= 0.6 is 11.3 Å². The van der Waals surface area contributed by atoms with Crippen LogP contribution in [-0.2, 0) is 9.47 Å². The van der Waals surface area contributed by atoms with Crippen molar-refractivity contribution in [2.75, 3.05) is 32.8 Å². The standard InChI is InChI=1S/C12H17NO3S/c1-10(9-13-4-6-15-7-5-13)16-12(14)11-3-2-8-17-11/h2-3,8,10H,4-7,9H2,1H3/p+1. The molecular weight excluding hydrogens is 238 g/mol. The summed E-state index contributed by atoms with van der Waals surface area (Å²) in [5, 5.41) is 1.88. The van der Waals surface area contributed by atoms with Gasteiger partial charge < -0.3 is 14.4 Å². The molecule has 1 aliphatic rings. The highest BCUT2D eigenvalue weighted by Gasteiger charge is 2.20. The lowest BCUT2D eigenvalue weighted by Crippen LogP contribution is -3.15. The molecule has 1 atom stereocenters. The van der Waals surface area contributed by atoms with Crippen LogP contribution < -0.4 is 4.90 Å². The fourth-order valence-electron chi connectivity index (χ4n) is 1.95. The molecule has 2 rings (SSSR count). The Hall–Kier alpha value is -0.910. The van der Waals surface area contributed by atoms with Gasteiger partial charge in [0.05, 0.1) is 13.2 Å². The first-order valence-electron chi connectivity index (χ1n) is 5.91. The molecule has 0 bridgehead atoms. The number of hydrogen-bond donors (Lipinski definition) is 1. The van der Waals surface area contributed by atoms with Crippen LogP contribution in [0, 0.1) is 0 Å². The second kappa shape index (κ2) is 6.14. The third kappa shape index (κ3) is 3.80. The summed E-state index contributed by atoms with van der Waals surface area (Å²) in [5.41, 5.74) is 0. The minimum absolute atomic E-state index is 0.0438. The summed E-state index contributed by atoms with van der Waals surface area (Å²) in [6, 6.07) is 3.65. The molecule has 0 saturated carbocycles. The fourth-order valence-corrected chi connectivity index (χ4v) is 2.55. The Morgan fingerprint density at radius 1 is 1.59 bits per heavy atom. The van der Waals surface area contributed by atoms with E-state index in [1.807, 2.05) is 18.4 Å². The van der Waals surface area contributed by atoms with Crippen LogP contribution in [0.15, 0.2) is 17.5 Å². The van der Waals surface area contributed by atoms with Crippen LogP contribution in [0.25, 0.3) is 0 Å². The lowest BCUT2D eigenvalue weighted by atomic mass is 10.3. The molecular formula is C12H18NO3S+. The van der Waals surface area contributed by atoms with E-state index in [4.69, 9.17) is 9.47 Å². The van der Waals surface area contributed by atoms with E-state index < -0.39 is 0 Å². The molecule has 17 heavy (non-hydrogen) atoms. The van der Waals surface area contributed by atoms with E-state index >= 15 is 0 Å². The molecule has 1 fully saturated rings. The van der Waals surface area contributed by atoms with E-state index in [9.17, 15) is 4.79 Å². The van der Waals surface area contributed by atoms with Crippen molar-refractivity contribution >= 4 is 17.3 Å². The molecule has 0 aromatic carbocycles. The van der Waals surface area contributed by atoms with E-state index in [1.165, 1.54) is 16.2 Å². The third-order valence-corrected chi connectivity index (χ3v) is 3.66. The molecule has 0 aliphatic carbocycles. The number of carbonyl (C=O) groups is 1. The van der Waals surface area contributed by atoms with Crippen molar-refractivity contribution in [3.05, 3.63) is 22.4 Å². The number of hydrogen-bond acceptors (Lipinski definition) is 4. The summed E-state index contributed by atoms with van der Waals surface area (Å²) in [6.07, 6.45) is -0.0438. The maximum Gasteiger partial charge on any atom is 0.348 e. The summed E-state index contributed by atoms with van der Waals surface area (Å²) in [4.78, 5) is 13.8. The lowest BCUT2D eigenvalue weighted by Gasteiger charge is -2.26. The largest absolute Gasteiger partial charge is 0.452 e. The van der Waals surface area contributed by atoms with Crippen molar-refractivity contribution in [2.45, 2.75) is 13.0 Å². The maximum absolute atomic E-state index is 11.7. The van der Waals surface area contributed by atoms with Crippen molar-refractivity contribution in [3.63, 3.8) is 0 Å². The maximum atomic E-state index is 11.7. The Morgan fingerprint density at radius 3 is 3.00 bits per heavy atom. The Balaban J connectivity index is 1.76. The summed E-state index contributed by atoms with van der Waals surface area (Å²) >= 11 is 1.42. The van der Waals surface area contributed by atoms with Crippen LogP contribution in [0.4, 0.5) is 0 Å². The average Bonchev–Trinajstić information content (AvgIpc) is 2.83. The van der Waals surface area contributed by atoms with Crippen LogP contribution in [0.3, 0.4) is 0 Å². The smallest absolute Gasteiger partial charge is 0.348 e. The minimum atomic E-state index is -0.208. The molecule has 1 saturated heterocycles. The monoisotopic (exact) mass is 256 g/mol. The number of quaternary nitrogens is 1. The zero-order chi connectivity index (χ0) is 12.1. The van der Waals surface area contributed by atoms with Gasteiger partial charge in [0, 0.05) is 0 Å². The van der Waals surface area contributed by atoms with Crippen LogP contribution in [-0.4, -0.2) is 44.9 Å². The van der Waals surface area contributed by atoms with Gasteiger partial charge in [0.2, 0.25) is 0 Å². The normalized spacial score (nSPS) is 18.9. The Kier molecular flexibility index (Phi) is 4.53. The van der Waals surface area contributed by atoms with E-state index in [0.29, 0.717) is 4.88 Å². The van der Waals surface area contributed by atoms with Crippen LogP contribution in [0.2, 0.25) is 0 Å². The number of rotatable bonds is 4. The van der Waals surface area contributed by atoms with Gasteiger partial charge in [-0.05, 0) is 18.4 Å². The molecule has 0 spiro atoms. The second-order valence-corrected chi connectivity index (χ2v) is 5.21. The fraction of sp³-hybridized carbons (Fsp3) is 0.583. The van der Waals surface area contributed by atoms with Gasteiger partial charge in [-0.2, -0.15) is 0 Å². The number of nitrogens with one attached hydrogen (secondary N) is 1. The van der Waals surface area contributed by atoms with Crippen LogP contribution in [0.5, 0.6) is 0 Å². The molecule has 1 aromatic rings. The van der Waals surface area contributed by atoms with Crippen molar-refractivity contribution in [2.24, 2.45) is 0 Å². The predicted octanol–water partition coefficient (Wildman–Crippen LogP) is 0.209. The predicted molar refractivity (Wildman–Crippen MR) is 65.6 cm³/mol. The SMILES string of the molecule is CC(C[NH+]1CCOCC1)OC(=O)c1cccs1. The molecule has 5 heteroatoms. The molecule has 0 amide bonds. The first-order valence-corrected chi connectivity index (χ1v) is 6.79. The topological polar surface area (TPSA) is 40.0 Å². The summed E-state index contributed by atoms with van der Waals surface area (Å²) in [5.74, 6) is -0.208. The third-order valence-electron chi connectivity index (χ3n) is 2.81. The van der Waals surface area contributed by atoms with E-state index in [2.05, 4.69) is 0 Å². The lowest BCUT2D eigenvalue weighted by molar-refractivity contribution is -0.910. The van der Waals surface area contributed by atoms with Crippen molar-refractivity contribution in [3.8, 4) is 0 Å². The number of morpholine rings is 1. The Morgan fingerprint density at radius 2 is 2.35 bits per heavy atom. The number of carbonyl (C=O) groups excluding carboxylic acids is 1. The number of thiophene rings is 1. The minimum Gasteiger partial charge on any atom is -0.452 e. The molecule has 94 valence electrons. The second-order valence-electron chi connectivity index (χ2n) is 4.26. The molecule has 1 aromatic heterocycles. The molecule has 1 N–H and O–H groups in total. The molecule has 2 heterocycles. The zero-order valence-corrected chi connectivity index (χ0v) is 10.8. The van der Waals surface area contributed by atoms with E-state index in [0.717, 1.165) is 32.8 Å². The van der Waals surface area contributed by atoms with Gasteiger partial charge in [-0.25, -0.2) is 4.79 Å². The Bertz CT molecular complexity index is 347. The van der Waals surface area contributed by atoms with E-state index in [1.54, 1.807) is 6.07 Å². The summed E-state index contributed by atoms with van der Waals surface area (Å²) in [6.45, 7) is 6.43. The number of ether oxygens (including phenoxy) is 2. The highest BCUT2D eigenvalue weighted by molar-refractivity contribution is 7.11. The zero-order valence-electron chi connectivity index (χ0n) is 9.98. The van der Waals surface area contributed by atoms with Crippen molar-refractivity contribution in [1.82, 2.24) is 0 Å². The molecule has 1 aliphatic heterocycles. The first-order chi connectivity index (χ1) is 8.25. The van der Waals surface area contributed by atoms with Gasteiger partial charge >= 0.3 is 5.97 Å². The van der Waals surface area contributed by atoms with Gasteiger partial charge in [0.15, 0.2) is 0 Å². The highest BCUT2D eigenvalue weighted by atomic mass is 32.1. The van der Waals surface area contributed by atoms with Gasteiger partial charge in [-0.1, -0.05) is 6.07 Å². The van der Waals surface area contributed by atoms with Crippen LogP contribution in [0.1, 0.15) is 16.6 Å². The molecule has 4 nitrogen and oxygen atoms in total. The summed E-state index contributed by atoms with van der Waals surface area (Å²) in [7, 11) is 0. The Labute approximate surface area is 105 Å². The van der Waals surface area contributed by atoms with Gasteiger partial charge in [-0.15, -0.1) is 11.3 Å². The molecule has 0 radical (unpaired) electrons. The average molecular weight is 256 g/mol. The van der Waals surface area contributed by atoms with Crippen molar-refractivity contribution < 1.29 is 19.2 Å². The van der Waals surface area contributed by atoms with Gasteiger partial charge in [0.1, 0.15) is 30.6 Å². The molecule has 1 unspecified atom stereocenters. The number of esters is 1.